The van der Waals surface area contributed by atoms with E-state index in [2.05, 4.69) is 0 Å². The Labute approximate surface area is 230 Å². The number of hydrogen-bond acceptors (Lipinski definition) is 4. The van der Waals surface area contributed by atoms with Crippen molar-refractivity contribution in [2.75, 3.05) is 4.90 Å². The van der Waals surface area contributed by atoms with Crippen LogP contribution in [-0.2, 0) is 14.4 Å². The van der Waals surface area contributed by atoms with Gasteiger partial charge in [-0.3, -0.25) is 14.4 Å². The number of benzene rings is 5. The number of carbonyl (C=O) groups is 3. The number of allylic oxidation sites excluding steroid dienone is 1. The summed E-state index contributed by atoms with van der Waals surface area (Å²) in [6, 6.07) is 35.0. The van der Waals surface area contributed by atoms with Gasteiger partial charge in [0.25, 0.3) is 0 Å². The molecule has 0 bridgehead atoms. The van der Waals surface area contributed by atoms with Crippen LogP contribution in [-0.4, -0.2) is 17.8 Å². The molecule has 4 atom stereocenters. The van der Waals surface area contributed by atoms with Crippen LogP contribution in [0.25, 0.3) is 27.1 Å². The lowest BCUT2D eigenvalue weighted by Gasteiger charge is -2.38. The van der Waals surface area contributed by atoms with Crippen LogP contribution in [0.4, 0.5) is 5.69 Å². The fraction of sp³-hybridized carbons (Fsp3) is 0.114. The highest BCUT2D eigenvalue weighted by Gasteiger charge is 2.60. The zero-order valence-electron chi connectivity index (χ0n) is 21.4. The molecule has 1 saturated heterocycles. The molecule has 2 aliphatic heterocycles. The van der Waals surface area contributed by atoms with E-state index in [1.165, 1.54) is 4.90 Å². The third kappa shape index (κ3) is 3.18. The summed E-state index contributed by atoms with van der Waals surface area (Å²) >= 11 is 0. The molecule has 0 saturated carbocycles. The van der Waals surface area contributed by atoms with Gasteiger partial charge in [-0.05, 0) is 39.4 Å². The van der Waals surface area contributed by atoms with E-state index in [0.717, 1.165) is 38.2 Å². The lowest BCUT2D eigenvalue weighted by atomic mass is 9.64. The first-order chi connectivity index (χ1) is 19.6. The molecule has 8 rings (SSSR count). The molecule has 0 N–H and O–H groups in total. The predicted molar refractivity (Wildman–Crippen MR) is 154 cm³/mol. The third-order valence-corrected chi connectivity index (χ3v) is 8.66. The number of imide groups is 1. The summed E-state index contributed by atoms with van der Waals surface area (Å²) in [5.74, 6) is -3.43. The van der Waals surface area contributed by atoms with Crippen LogP contribution in [0.1, 0.15) is 17.0 Å². The zero-order chi connectivity index (χ0) is 27.0. The third-order valence-electron chi connectivity index (χ3n) is 8.66. The highest BCUT2D eigenvalue weighted by Crippen LogP contribution is 2.55. The summed E-state index contributed by atoms with van der Waals surface area (Å²) in [5.41, 5.74) is 3.01. The van der Waals surface area contributed by atoms with Crippen molar-refractivity contribution in [1.29, 1.82) is 0 Å². The number of fused-ring (bicyclic) bond motifs is 8. The Kier molecular flexibility index (Phi) is 4.86. The summed E-state index contributed by atoms with van der Waals surface area (Å²) in [5, 5.41) is 3.77. The van der Waals surface area contributed by atoms with Crippen molar-refractivity contribution in [1.82, 2.24) is 0 Å². The maximum Gasteiger partial charge on any atom is 0.319 e. The summed E-state index contributed by atoms with van der Waals surface area (Å²) in [7, 11) is 0. The molecule has 0 aromatic heterocycles. The topological polar surface area (TPSA) is 63.7 Å². The summed E-state index contributed by atoms with van der Waals surface area (Å²) in [6.45, 7) is 0. The van der Waals surface area contributed by atoms with Gasteiger partial charge in [-0.2, -0.15) is 0 Å². The van der Waals surface area contributed by atoms with Crippen LogP contribution >= 0.6 is 0 Å². The number of anilines is 1. The second-order valence-corrected chi connectivity index (χ2v) is 10.7. The highest BCUT2D eigenvalue weighted by molar-refractivity contribution is 6.25. The summed E-state index contributed by atoms with van der Waals surface area (Å²) < 4.78 is 5.98. The van der Waals surface area contributed by atoms with Gasteiger partial charge in [-0.15, -0.1) is 0 Å². The molecule has 2 amide bonds. The Morgan fingerprint density at radius 2 is 1.30 bits per heavy atom. The Morgan fingerprint density at radius 3 is 2.12 bits per heavy atom. The standard InChI is InChI=1S/C35H23NO4/c37-33-29-27(21-9-2-1-3-10-21)19-28-26-17-15-22-11-6-7-13-25(22)32(26)40-35(39)30(28)31(29)34(38)36(33)24-16-14-20-8-4-5-12-23(20)18-24/h1-19,27,29-31H/t27-,29+,30-,31+/m1/s1. The number of ether oxygens (including phenoxy) is 1. The van der Waals surface area contributed by atoms with E-state index in [-0.39, 0.29) is 17.7 Å². The molecular formula is C35H23NO4. The monoisotopic (exact) mass is 521 g/mol. The lowest BCUT2D eigenvalue weighted by molar-refractivity contribution is -0.142. The lowest BCUT2D eigenvalue weighted by Crippen LogP contribution is -2.42. The van der Waals surface area contributed by atoms with Crippen molar-refractivity contribution in [3.63, 3.8) is 0 Å². The summed E-state index contributed by atoms with van der Waals surface area (Å²) in [4.78, 5) is 43.5. The molecular weight excluding hydrogens is 498 g/mol. The average molecular weight is 522 g/mol. The number of rotatable bonds is 2. The fourth-order valence-electron chi connectivity index (χ4n) is 6.86. The zero-order valence-corrected chi connectivity index (χ0v) is 21.4. The number of carbonyl (C=O) groups excluding carboxylic acids is 3. The van der Waals surface area contributed by atoms with Crippen LogP contribution in [0.5, 0.6) is 5.75 Å². The van der Waals surface area contributed by atoms with Gasteiger partial charge in [0.1, 0.15) is 5.75 Å². The highest BCUT2D eigenvalue weighted by atomic mass is 16.5. The molecule has 2 heterocycles. The van der Waals surface area contributed by atoms with Gasteiger partial charge in [0.2, 0.25) is 11.8 Å². The maximum absolute atomic E-state index is 14.3. The van der Waals surface area contributed by atoms with Crippen molar-refractivity contribution in [2.24, 2.45) is 17.8 Å². The minimum atomic E-state index is -0.865. The van der Waals surface area contributed by atoms with Gasteiger partial charge in [-0.1, -0.05) is 103 Å². The van der Waals surface area contributed by atoms with Gasteiger partial charge >= 0.3 is 5.97 Å². The minimum absolute atomic E-state index is 0.286. The molecule has 1 aliphatic carbocycles. The van der Waals surface area contributed by atoms with Crippen LogP contribution in [0.15, 0.2) is 115 Å². The first-order valence-corrected chi connectivity index (χ1v) is 13.5. The van der Waals surface area contributed by atoms with Gasteiger partial charge in [0.15, 0.2) is 0 Å². The Morgan fingerprint density at radius 1 is 0.625 bits per heavy atom. The first-order valence-electron chi connectivity index (χ1n) is 13.5. The van der Waals surface area contributed by atoms with E-state index in [9.17, 15) is 14.4 Å². The minimum Gasteiger partial charge on any atom is -0.425 e. The van der Waals surface area contributed by atoms with E-state index in [4.69, 9.17) is 4.74 Å². The van der Waals surface area contributed by atoms with E-state index in [1.807, 2.05) is 115 Å². The van der Waals surface area contributed by atoms with Gasteiger partial charge < -0.3 is 4.74 Å². The molecule has 5 aromatic carbocycles. The molecule has 0 spiro atoms. The molecule has 3 aliphatic rings. The average Bonchev–Trinajstić information content (AvgIpc) is 3.26. The molecule has 5 heteroatoms. The Balaban J connectivity index is 1.32. The van der Waals surface area contributed by atoms with Crippen LogP contribution < -0.4 is 9.64 Å². The van der Waals surface area contributed by atoms with Crippen molar-refractivity contribution in [3.8, 4) is 5.75 Å². The molecule has 40 heavy (non-hydrogen) atoms. The largest absolute Gasteiger partial charge is 0.425 e. The van der Waals surface area contributed by atoms with E-state index < -0.39 is 23.7 Å². The van der Waals surface area contributed by atoms with Crippen LogP contribution in [0, 0.1) is 17.8 Å². The molecule has 0 radical (unpaired) electrons. The van der Waals surface area contributed by atoms with Crippen molar-refractivity contribution in [3.05, 3.63) is 126 Å². The summed E-state index contributed by atoms with van der Waals surface area (Å²) in [6.07, 6.45) is 2.03. The Hall–Kier alpha value is -5.03. The van der Waals surface area contributed by atoms with Crippen LogP contribution in [0.2, 0.25) is 0 Å². The van der Waals surface area contributed by atoms with Crippen molar-refractivity contribution >= 4 is 50.6 Å². The molecule has 5 aromatic rings. The SMILES string of the molecule is O=C1Oc2c(ccc3ccccc23)C2=C[C@H](c3ccccc3)[C@@H]3C(=O)N(c4ccc5ccccc5c4)C(=O)[C@@H]3[C@H]12. The molecule has 192 valence electrons. The van der Waals surface area contributed by atoms with Crippen LogP contribution in [0.3, 0.4) is 0 Å². The van der Waals surface area contributed by atoms with E-state index in [1.54, 1.807) is 0 Å². The van der Waals surface area contributed by atoms with Gasteiger partial charge in [0.05, 0.1) is 23.4 Å². The second kappa shape index (κ2) is 8.48. The molecule has 5 nitrogen and oxygen atoms in total. The maximum atomic E-state index is 14.3. The predicted octanol–water partition coefficient (Wildman–Crippen LogP) is 6.51. The number of nitrogens with zero attached hydrogens (tertiary/aromatic N) is 1. The van der Waals surface area contributed by atoms with Gasteiger partial charge in [-0.25, -0.2) is 4.90 Å². The fourth-order valence-corrected chi connectivity index (χ4v) is 6.86. The number of amides is 2. The van der Waals surface area contributed by atoms with Gasteiger partial charge in [0, 0.05) is 16.9 Å². The van der Waals surface area contributed by atoms with Crippen molar-refractivity contribution < 1.29 is 19.1 Å². The first kappa shape index (κ1) is 22.9. The second-order valence-electron chi connectivity index (χ2n) is 10.7. The molecule has 0 unspecified atom stereocenters. The van der Waals surface area contributed by atoms with E-state index >= 15 is 0 Å². The smallest absolute Gasteiger partial charge is 0.319 e. The quantitative estimate of drug-likeness (QED) is 0.151. The van der Waals surface area contributed by atoms with E-state index in [0.29, 0.717) is 11.4 Å². The normalized spacial score (nSPS) is 23.4. The number of hydrogen-bond donors (Lipinski definition) is 0. The van der Waals surface area contributed by atoms with Crippen molar-refractivity contribution in [2.45, 2.75) is 5.92 Å². The molecule has 1 fully saturated rings. The number of esters is 1. The Bertz CT molecular complexity index is 1920.